The molecule has 0 aliphatic heterocycles. The molecule has 0 saturated heterocycles. The smallest absolute Gasteiger partial charge is 0.143 e. The molecule has 97 heavy (non-hydrogen) atoms. The fraction of sp³-hybridized carbons (Fsp3) is 0.200. The second-order valence-electron chi connectivity index (χ2n) is 26.2. The summed E-state index contributed by atoms with van der Waals surface area (Å²) in [7, 11) is -2.92. The summed E-state index contributed by atoms with van der Waals surface area (Å²) < 4.78 is 2.17. The van der Waals surface area contributed by atoms with Gasteiger partial charge in [0, 0.05) is 55.2 Å². The van der Waals surface area contributed by atoms with E-state index in [0.717, 1.165) is 52.0 Å². The summed E-state index contributed by atoms with van der Waals surface area (Å²) in [6, 6.07) is 134. The molecule has 12 aromatic carbocycles. The molecule has 0 amide bonds. The van der Waals surface area contributed by atoms with Gasteiger partial charge in [-0.25, -0.2) is 13.4 Å². The van der Waals surface area contributed by atoms with Crippen LogP contribution in [0.4, 0.5) is 51.2 Å². The van der Waals surface area contributed by atoms with E-state index in [-0.39, 0.29) is 16.6 Å². The van der Waals surface area contributed by atoms with E-state index in [1.165, 1.54) is 126 Å². The van der Waals surface area contributed by atoms with Gasteiger partial charge in [-0.2, -0.15) is 0 Å². The Labute approximate surface area is 577 Å². The Hall–Kier alpha value is -9.54. The lowest BCUT2D eigenvalue weighted by atomic mass is 9.72. The Morgan fingerprint density at radius 1 is 0.175 bits per heavy atom. The summed E-state index contributed by atoms with van der Waals surface area (Å²) in [5.41, 5.74) is 16.0. The van der Waals surface area contributed by atoms with Gasteiger partial charge in [-0.05, 0) is 148 Å². The molecule has 0 bridgehead atoms. The molecule has 0 radical (unpaired) electrons. The molecule has 0 aromatic heterocycles. The van der Waals surface area contributed by atoms with Crippen LogP contribution in [-0.4, -0.2) is 7.32 Å². The van der Waals surface area contributed by atoms with Crippen LogP contribution >= 0.6 is 0 Å². The van der Waals surface area contributed by atoms with E-state index in [1.54, 1.807) is 0 Å². The molecule has 0 N–H and O–H groups in total. The first kappa shape index (κ1) is 67.4. The van der Waals surface area contributed by atoms with E-state index in [1.807, 2.05) is 0 Å². The van der Waals surface area contributed by atoms with Crippen LogP contribution in [0.5, 0.6) is 0 Å². The van der Waals surface area contributed by atoms with Crippen molar-refractivity contribution >= 4 is 58.5 Å². The monoisotopic (exact) mass is 1270 g/mol. The predicted octanol–water partition coefficient (Wildman–Crippen LogP) is 21.6. The molecular weight excluding hydrogens is 1180 g/mol. The van der Waals surface area contributed by atoms with Gasteiger partial charge in [0.1, 0.15) is 67.8 Å². The molecule has 7 heteroatoms. The van der Waals surface area contributed by atoms with E-state index in [0.29, 0.717) is 0 Å². The molecule has 3 saturated carbocycles. The van der Waals surface area contributed by atoms with Crippen LogP contribution in [0, 0.1) is 0 Å². The summed E-state index contributed by atoms with van der Waals surface area (Å²) in [5.74, 6) is 0. The van der Waals surface area contributed by atoms with Gasteiger partial charge in [0.15, 0.2) is 0 Å². The van der Waals surface area contributed by atoms with Crippen molar-refractivity contribution in [2.24, 2.45) is 0 Å². The van der Waals surface area contributed by atoms with Gasteiger partial charge in [0.25, 0.3) is 0 Å². The molecule has 3 aliphatic rings. The van der Waals surface area contributed by atoms with Crippen LogP contribution in [0.3, 0.4) is 0 Å². The highest BCUT2D eigenvalue weighted by Crippen LogP contribution is 2.63. The fourth-order valence-corrected chi connectivity index (χ4v) is 17.5. The minimum absolute atomic E-state index is 0.0659. The lowest BCUT2D eigenvalue weighted by Gasteiger charge is -2.54. The average molecular weight is 1270 g/mol. The zero-order valence-corrected chi connectivity index (χ0v) is 55.9. The maximum atomic E-state index is 8.42. The van der Waals surface area contributed by atoms with Crippen molar-refractivity contribution in [1.29, 1.82) is 0 Å². The average Bonchev–Trinajstić information content (AvgIpc) is 0.719. The second kappa shape index (κ2) is 32.0. The topological polar surface area (TPSA) is 69.2 Å². The highest BCUT2D eigenvalue weighted by Gasteiger charge is 2.60. The Morgan fingerprint density at radius 3 is 0.412 bits per heavy atom. The summed E-state index contributed by atoms with van der Waals surface area (Å²) in [4.78, 5) is 0. The highest BCUT2D eigenvalue weighted by atomic mass is 16.5. The van der Waals surface area contributed by atoms with E-state index >= 15 is 0 Å². The largest absolute Gasteiger partial charge is 0.907 e. The van der Waals surface area contributed by atoms with Gasteiger partial charge in [0.05, 0.1) is 0 Å². The molecule has 15 rings (SSSR count). The Morgan fingerprint density at radius 2 is 0.289 bits per heavy atom. The maximum absolute atomic E-state index is 8.42. The molecule has 3 fully saturated rings. The van der Waals surface area contributed by atoms with Gasteiger partial charge in [-0.15, -0.1) is 0 Å². The molecule has 3 aliphatic carbocycles. The molecule has 6 nitrogen and oxygen atoms in total. The molecule has 0 spiro atoms. The third kappa shape index (κ3) is 13.3. The van der Waals surface area contributed by atoms with E-state index < -0.39 is 7.32 Å². The Balaban J connectivity index is 0.000000135. The van der Waals surface area contributed by atoms with E-state index in [4.69, 9.17) is 15.1 Å². The quantitative estimate of drug-likeness (QED) is 0.0759. The van der Waals surface area contributed by atoms with Gasteiger partial charge >= 0.3 is 0 Å². The van der Waals surface area contributed by atoms with Gasteiger partial charge < -0.3 is 15.1 Å². The zero-order valence-electron chi connectivity index (χ0n) is 55.9. The van der Waals surface area contributed by atoms with Crippen molar-refractivity contribution in [3.63, 3.8) is 0 Å². The van der Waals surface area contributed by atoms with Gasteiger partial charge in [0.2, 0.25) is 0 Å². The van der Waals surface area contributed by atoms with E-state index in [2.05, 4.69) is 364 Å². The molecule has 0 atom stereocenters. The molecule has 0 unspecified atom stereocenters. The number of hydrogen-bond donors (Lipinski definition) is 0. The van der Waals surface area contributed by atoms with Crippen molar-refractivity contribution in [2.75, 3.05) is 0 Å². The second-order valence-corrected chi connectivity index (χ2v) is 26.2. The van der Waals surface area contributed by atoms with Crippen molar-refractivity contribution < 1.29 is 15.1 Å². The first-order valence-electron chi connectivity index (χ1n) is 35.2. The lowest BCUT2D eigenvalue weighted by molar-refractivity contribution is -0.479. The number of benzene rings is 12. The van der Waals surface area contributed by atoms with Gasteiger partial charge in [-0.1, -0.05) is 274 Å². The molecular formula is C90H90BN3O3. The standard InChI is InChI=1S/3C30H30N.BO3/c3*1-6-16-26(17-7-1)30(24-14-5-15-25-30)31(27-18-8-2-9-19-27,28-20-10-3-11-21-28)29-22-12-4-13-23-29;2-1(3)4/h3*1-4,6-13,16-23H,5,14-15,24-25H2;/q3*+1;-3. The number of quaternary nitrogens is 3. The Bertz CT molecular complexity index is 3470. The van der Waals surface area contributed by atoms with Crippen LogP contribution in [0.1, 0.15) is 113 Å². The number of rotatable bonds is 15. The van der Waals surface area contributed by atoms with Gasteiger partial charge in [-0.3, -0.25) is 7.32 Å². The minimum atomic E-state index is -2.92. The minimum Gasteiger partial charge on any atom is -0.907 e. The molecule has 0 heterocycles. The summed E-state index contributed by atoms with van der Waals surface area (Å²) in [5, 5.41) is 25.2. The van der Waals surface area contributed by atoms with Crippen LogP contribution in [0.2, 0.25) is 0 Å². The number of nitrogens with zero attached hydrogens (tertiary/aromatic N) is 3. The number of hydrogen-bond acceptors (Lipinski definition) is 3. The van der Waals surface area contributed by atoms with Crippen LogP contribution in [0.15, 0.2) is 364 Å². The zero-order chi connectivity index (χ0) is 66.5. The van der Waals surface area contributed by atoms with Crippen LogP contribution in [0.25, 0.3) is 0 Å². The fourth-order valence-electron chi connectivity index (χ4n) is 17.5. The van der Waals surface area contributed by atoms with Crippen LogP contribution in [-0.2, 0) is 16.6 Å². The lowest BCUT2D eigenvalue weighted by Crippen LogP contribution is -2.58. The summed E-state index contributed by atoms with van der Waals surface area (Å²) >= 11 is 0. The summed E-state index contributed by atoms with van der Waals surface area (Å²) in [6.07, 6.45) is 18.4. The van der Waals surface area contributed by atoms with Crippen molar-refractivity contribution in [2.45, 2.75) is 113 Å². The van der Waals surface area contributed by atoms with E-state index in [9.17, 15) is 0 Å². The summed E-state index contributed by atoms with van der Waals surface area (Å²) in [6.45, 7) is 0. The first-order valence-corrected chi connectivity index (χ1v) is 35.2. The van der Waals surface area contributed by atoms with Crippen molar-refractivity contribution in [3.8, 4) is 0 Å². The highest BCUT2D eigenvalue weighted by molar-refractivity contribution is 6.24. The number of para-hydroxylation sites is 9. The first-order chi connectivity index (χ1) is 47.9. The van der Waals surface area contributed by atoms with Crippen molar-refractivity contribution in [3.05, 3.63) is 381 Å². The third-order valence-corrected chi connectivity index (χ3v) is 21.2. The predicted molar refractivity (Wildman–Crippen MR) is 401 cm³/mol. The third-order valence-electron chi connectivity index (χ3n) is 21.2. The maximum Gasteiger partial charge on any atom is 0.143 e. The molecule has 486 valence electrons. The normalized spacial score (nSPS) is 15.6. The molecule has 12 aromatic rings. The van der Waals surface area contributed by atoms with Crippen LogP contribution < -0.4 is 28.5 Å². The SMILES string of the molecule is [O-]B([O-])[O-].c1ccc(C2([N+](c3ccccc3)(c3ccccc3)c3ccccc3)CCCCC2)cc1.c1ccc(C2([N+](c3ccccc3)(c3ccccc3)c3ccccc3)CCCCC2)cc1.c1ccc(C2([N+](c3ccccc3)(c3ccccc3)c3ccccc3)CCCCC2)cc1. The van der Waals surface area contributed by atoms with Crippen molar-refractivity contribution in [1.82, 2.24) is 13.4 Å². The Kier molecular flexibility index (Phi) is 22.3.